The molecule has 0 bridgehead atoms. The Balaban J connectivity index is 1.54. The predicted octanol–water partition coefficient (Wildman–Crippen LogP) is 15.5. The van der Waals surface area contributed by atoms with Crippen LogP contribution in [-0.2, 0) is 6.42 Å². The van der Waals surface area contributed by atoms with Gasteiger partial charge in [-0.1, -0.05) is 140 Å². The predicted molar refractivity (Wildman–Crippen MR) is 268 cm³/mol. The molecule has 7 rings (SSSR count). The maximum absolute atomic E-state index is 17.2. The summed E-state index contributed by atoms with van der Waals surface area (Å²) in [5.41, 5.74) is 13.3. The van der Waals surface area contributed by atoms with Gasteiger partial charge in [-0.05, 0) is 123 Å². The number of halogens is 1. The number of fused-ring (bicyclic) bond motifs is 9. The van der Waals surface area contributed by atoms with E-state index >= 15 is 4.39 Å². The number of hydrogen-bond acceptors (Lipinski definition) is 2. The maximum Gasteiger partial charge on any atom is 0.301 e. The Bertz CT molecular complexity index is 2630. The number of para-hydroxylation sites is 2. The highest BCUT2D eigenvalue weighted by Crippen LogP contribution is 2.47. The first kappa shape index (κ1) is 44.9. The molecule has 2 aromatic heterocycles. The van der Waals surface area contributed by atoms with E-state index in [0.717, 1.165) is 86.1 Å². The smallest absolute Gasteiger partial charge is 0.301 e. The molecule has 0 spiro atoms. The van der Waals surface area contributed by atoms with Crippen LogP contribution in [0.15, 0.2) is 91.5 Å². The Labute approximate surface area is 371 Å². The number of benzene rings is 4. The van der Waals surface area contributed by atoms with Gasteiger partial charge in [0.15, 0.2) is 11.0 Å². The van der Waals surface area contributed by atoms with Gasteiger partial charge in [-0.25, -0.2) is 4.39 Å². The topological polar surface area (TPSA) is 12.0 Å². The van der Waals surface area contributed by atoms with Crippen LogP contribution in [-0.4, -0.2) is 37.2 Å². The molecule has 3 heterocycles. The van der Waals surface area contributed by atoms with Crippen molar-refractivity contribution in [2.75, 3.05) is 13.6 Å². The lowest BCUT2D eigenvalue weighted by Gasteiger charge is -2.36. The highest BCUT2D eigenvalue weighted by Gasteiger charge is 2.39. The lowest BCUT2D eigenvalue weighted by Crippen LogP contribution is -2.44. The first-order chi connectivity index (χ1) is 28.9. The molecule has 3 nitrogen and oxygen atoms in total. The van der Waals surface area contributed by atoms with Gasteiger partial charge in [0.25, 0.3) is 0 Å². The number of nitrogens with zero attached hydrogens (tertiary/aromatic N) is 3. The fraction of sp³-hybridized carbons (Fsp3) is 0.436. The largest absolute Gasteiger partial charge is 0.302 e. The average molecular weight is 853 g/mol. The van der Waals surface area contributed by atoms with Crippen molar-refractivity contribution in [3.05, 3.63) is 125 Å². The summed E-state index contributed by atoms with van der Waals surface area (Å²) in [4.78, 5) is 2.61. The van der Waals surface area contributed by atoms with Crippen molar-refractivity contribution < 1.29 is 8.96 Å². The number of hydrogen-bond donors (Lipinski definition) is 0. The van der Waals surface area contributed by atoms with Crippen LogP contribution in [0.1, 0.15) is 100 Å². The van der Waals surface area contributed by atoms with Crippen molar-refractivity contribution in [1.29, 1.82) is 0 Å². The van der Waals surface area contributed by atoms with Crippen LogP contribution >= 0.6 is 11.3 Å². The number of aromatic nitrogens is 2. The SMILES string of the molecule is C=C(/C=C\C(C)[Si](C)(C)C)C1CCc2cc(F)c3c(sc4cc(C(C)C)ccc43)c2-c2n(-c3c(C)cc(C)cc3C)c3ccccc3[n+]2C(=C)CC1N(C)CCCCC(C)C. The van der Waals surface area contributed by atoms with Crippen LogP contribution in [0, 0.1) is 38.4 Å². The molecular formula is C55H71FN3SSi+. The van der Waals surface area contributed by atoms with Crippen LogP contribution in [0.25, 0.3) is 54.0 Å². The summed E-state index contributed by atoms with van der Waals surface area (Å²) >= 11 is 1.75. The summed E-state index contributed by atoms with van der Waals surface area (Å²) in [7, 11) is 0.924. The molecule has 322 valence electrons. The number of aryl methyl sites for hydroxylation is 4. The minimum Gasteiger partial charge on any atom is -0.302 e. The zero-order valence-corrected chi connectivity index (χ0v) is 41.1. The Morgan fingerprint density at radius 3 is 2.36 bits per heavy atom. The van der Waals surface area contributed by atoms with E-state index in [2.05, 4.69) is 163 Å². The van der Waals surface area contributed by atoms with Gasteiger partial charge in [-0.3, -0.25) is 0 Å². The molecule has 0 saturated heterocycles. The zero-order chi connectivity index (χ0) is 44.1. The molecule has 0 N–H and O–H groups in total. The summed E-state index contributed by atoms with van der Waals surface area (Å²) in [6.45, 7) is 36.4. The van der Waals surface area contributed by atoms with Crippen LogP contribution in [0.3, 0.4) is 0 Å². The Kier molecular flexibility index (Phi) is 13.2. The lowest BCUT2D eigenvalue weighted by atomic mass is 9.82. The third-order valence-corrected chi connectivity index (χ3v) is 17.9. The van der Waals surface area contributed by atoms with E-state index in [0.29, 0.717) is 17.4 Å². The molecule has 0 saturated carbocycles. The molecule has 3 atom stereocenters. The highest BCUT2D eigenvalue weighted by atomic mass is 32.1. The first-order valence-electron chi connectivity index (χ1n) is 22.9. The van der Waals surface area contributed by atoms with E-state index in [9.17, 15) is 0 Å². The van der Waals surface area contributed by atoms with E-state index in [1.165, 1.54) is 46.4 Å². The first-order valence-corrected chi connectivity index (χ1v) is 27.3. The van der Waals surface area contributed by atoms with Crippen molar-refractivity contribution >= 4 is 56.3 Å². The van der Waals surface area contributed by atoms with Crippen molar-refractivity contribution in [3.8, 4) is 17.1 Å². The molecule has 0 amide bonds. The second kappa shape index (κ2) is 17.9. The number of unbranched alkanes of at least 4 members (excludes halogenated alkanes) is 1. The Morgan fingerprint density at radius 1 is 0.984 bits per heavy atom. The Morgan fingerprint density at radius 2 is 1.69 bits per heavy atom. The molecule has 0 fully saturated rings. The van der Waals surface area contributed by atoms with E-state index in [1.807, 2.05) is 6.07 Å². The molecule has 61 heavy (non-hydrogen) atoms. The van der Waals surface area contributed by atoms with Crippen molar-refractivity contribution in [2.45, 2.75) is 131 Å². The third-order valence-electron chi connectivity index (χ3n) is 13.8. The number of thiophene rings is 1. The summed E-state index contributed by atoms with van der Waals surface area (Å²) in [6, 6.07) is 22.1. The number of imidazole rings is 1. The van der Waals surface area contributed by atoms with Gasteiger partial charge in [0.05, 0.1) is 18.3 Å². The van der Waals surface area contributed by atoms with Gasteiger partial charge >= 0.3 is 5.82 Å². The van der Waals surface area contributed by atoms with E-state index in [4.69, 9.17) is 13.2 Å². The minimum atomic E-state index is -1.40. The maximum atomic E-state index is 17.2. The summed E-state index contributed by atoms with van der Waals surface area (Å²) < 4.78 is 24.3. The molecule has 1 aliphatic rings. The van der Waals surface area contributed by atoms with E-state index in [-0.39, 0.29) is 17.8 Å². The second-order valence-corrected chi connectivity index (χ2v) is 27.0. The van der Waals surface area contributed by atoms with Gasteiger partial charge < -0.3 is 4.90 Å². The van der Waals surface area contributed by atoms with Crippen molar-refractivity contribution in [2.24, 2.45) is 11.8 Å². The molecule has 0 aliphatic carbocycles. The van der Waals surface area contributed by atoms with Crippen LogP contribution in [0.2, 0.25) is 25.2 Å². The molecule has 1 aliphatic heterocycles. The standard InChI is InChI=1S/C55H71FN3SSi/c1-34(2)19-17-18-28-57(11)49-31-40(9)58-47-20-15-16-21-48(47)59(53-38(7)29-36(5)30-39(53)8)55(58)51-43(25-26-44(49)37(6)22-23-41(10)61(12,13)14)32-46(56)52-45-27-24-42(35(3)4)33-50(45)60-54(51)52/h15-16,20-24,27,29-30,32-35,41,44,49H,6,9,17-19,25-26,28,31H2,1-5,7-8,10-14H3/q+1/b23-22-. The Hall–Kier alpha value is -4.10. The third kappa shape index (κ3) is 8.92. The number of allylic oxidation sites excluding steroid dienone is 2. The number of rotatable bonds is 12. The fourth-order valence-corrected chi connectivity index (χ4v) is 11.9. The molecular weight excluding hydrogens is 782 g/mol. The van der Waals surface area contributed by atoms with Crippen LogP contribution in [0.4, 0.5) is 4.39 Å². The summed E-state index contributed by atoms with van der Waals surface area (Å²) in [5.74, 6) is 2.15. The molecule has 6 aromatic rings. The van der Waals surface area contributed by atoms with Gasteiger partial charge in [0.2, 0.25) is 0 Å². The van der Waals surface area contributed by atoms with Crippen LogP contribution < -0.4 is 4.57 Å². The molecule has 0 radical (unpaired) electrons. The second-order valence-electron chi connectivity index (χ2n) is 20.3. The lowest BCUT2D eigenvalue weighted by molar-refractivity contribution is -0.543. The van der Waals surface area contributed by atoms with E-state index in [1.54, 1.807) is 11.3 Å². The van der Waals surface area contributed by atoms with Gasteiger partial charge in [-0.2, -0.15) is 9.13 Å². The molecule has 4 aromatic carbocycles. The average Bonchev–Trinajstić information content (AvgIpc) is 3.73. The van der Waals surface area contributed by atoms with Crippen molar-refractivity contribution in [3.63, 3.8) is 0 Å². The zero-order valence-electron chi connectivity index (χ0n) is 39.3. The fourth-order valence-electron chi connectivity index (χ4n) is 9.87. The summed E-state index contributed by atoms with van der Waals surface area (Å²) in [6.07, 6.45) is 10.7. The quantitative estimate of drug-likeness (QED) is 0.0517. The van der Waals surface area contributed by atoms with Crippen LogP contribution in [0.5, 0.6) is 0 Å². The van der Waals surface area contributed by atoms with Gasteiger partial charge in [0, 0.05) is 27.9 Å². The molecule has 3 unspecified atom stereocenters. The van der Waals surface area contributed by atoms with Crippen molar-refractivity contribution in [1.82, 2.24) is 9.47 Å². The van der Waals surface area contributed by atoms with Gasteiger partial charge in [0.1, 0.15) is 17.2 Å². The normalized spacial score (nSPS) is 17.1. The highest BCUT2D eigenvalue weighted by molar-refractivity contribution is 7.26. The van der Waals surface area contributed by atoms with Gasteiger partial charge in [-0.15, -0.1) is 11.3 Å². The monoisotopic (exact) mass is 853 g/mol. The molecule has 6 heteroatoms. The summed E-state index contributed by atoms with van der Waals surface area (Å²) in [5, 5.41) is 1.71. The van der Waals surface area contributed by atoms with E-state index < -0.39 is 8.07 Å². The minimum absolute atomic E-state index is 0.136.